The minimum absolute atomic E-state index is 0.434. The van der Waals surface area contributed by atoms with Gasteiger partial charge in [-0.25, -0.2) is 0 Å². The number of benzene rings is 1. The van der Waals surface area contributed by atoms with Crippen LogP contribution in [0.1, 0.15) is 37.0 Å². The molecular formula is C12H14O. The quantitative estimate of drug-likeness (QED) is 0.596. The first-order chi connectivity index (χ1) is 6.29. The van der Waals surface area contributed by atoms with Crippen LogP contribution in [-0.2, 0) is 4.74 Å². The smallest absolute Gasteiger partial charge is 0.110 e. The zero-order chi connectivity index (χ0) is 9.00. The molecule has 1 nitrogen and oxygen atoms in total. The summed E-state index contributed by atoms with van der Waals surface area (Å²) in [4.78, 5) is 0. The van der Waals surface area contributed by atoms with E-state index in [0.717, 1.165) is 0 Å². The lowest BCUT2D eigenvalue weighted by atomic mass is 9.89. The highest BCUT2D eigenvalue weighted by molar-refractivity contribution is 5.43. The molecule has 1 heterocycles. The molecule has 3 rings (SSSR count). The van der Waals surface area contributed by atoms with Gasteiger partial charge in [-0.05, 0) is 17.0 Å². The molecule has 1 aliphatic carbocycles. The standard InChI is InChI=1S/C12H14O/c1-7(2)10-8-5-3-4-6-9(8)11-12(10)13-11/h3-7,10-12H,1-2H3/t10-,11+,12-/m1/s1. The zero-order valence-corrected chi connectivity index (χ0v) is 8.03. The molecule has 1 aromatic carbocycles. The predicted octanol–water partition coefficient (Wildman–Crippen LogP) is 2.88. The van der Waals surface area contributed by atoms with Crippen molar-refractivity contribution in [2.24, 2.45) is 5.92 Å². The average molecular weight is 174 g/mol. The van der Waals surface area contributed by atoms with E-state index in [1.54, 1.807) is 0 Å². The van der Waals surface area contributed by atoms with Crippen LogP contribution in [0.5, 0.6) is 0 Å². The van der Waals surface area contributed by atoms with E-state index >= 15 is 0 Å². The first-order valence-electron chi connectivity index (χ1n) is 5.03. The Morgan fingerprint density at radius 2 is 1.85 bits per heavy atom. The third-order valence-electron chi connectivity index (χ3n) is 3.26. The van der Waals surface area contributed by atoms with Crippen LogP contribution in [-0.4, -0.2) is 6.10 Å². The van der Waals surface area contributed by atoms with E-state index in [2.05, 4.69) is 38.1 Å². The Balaban J connectivity index is 2.10. The van der Waals surface area contributed by atoms with Gasteiger partial charge in [-0.2, -0.15) is 0 Å². The molecule has 0 N–H and O–H groups in total. The van der Waals surface area contributed by atoms with Crippen molar-refractivity contribution < 1.29 is 4.74 Å². The van der Waals surface area contributed by atoms with Crippen molar-refractivity contribution in [1.29, 1.82) is 0 Å². The van der Waals surface area contributed by atoms with Crippen molar-refractivity contribution >= 4 is 0 Å². The van der Waals surface area contributed by atoms with Gasteiger partial charge in [0.05, 0.1) is 6.10 Å². The van der Waals surface area contributed by atoms with Crippen LogP contribution < -0.4 is 0 Å². The molecule has 1 saturated heterocycles. The lowest BCUT2D eigenvalue weighted by molar-refractivity contribution is 0.306. The highest BCUT2D eigenvalue weighted by atomic mass is 16.6. The van der Waals surface area contributed by atoms with Crippen LogP contribution in [0, 0.1) is 5.92 Å². The van der Waals surface area contributed by atoms with Gasteiger partial charge in [0.25, 0.3) is 0 Å². The van der Waals surface area contributed by atoms with Crippen molar-refractivity contribution in [1.82, 2.24) is 0 Å². The van der Waals surface area contributed by atoms with Crippen LogP contribution in [0.25, 0.3) is 0 Å². The average Bonchev–Trinajstić information content (AvgIpc) is 2.81. The van der Waals surface area contributed by atoms with Crippen molar-refractivity contribution in [2.75, 3.05) is 0 Å². The molecule has 3 atom stereocenters. The molecule has 1 aromatic rings. The summed E-state index contributed by atoms with van der Waals surface area (Å²) in [5.41, 5.74) is 2.96. The number of fused-ring (bicyclic) bond motifs is 3. The van der Waals surface area contributed by atoms with E-state index in [-0.39, 0.29) is 0 Å². The molecule has 0 spiro atoms. The largest absolute Gasteiger partial charge is 0.364 e. The molecule has 2 aliphatic rings. The summed E-state index contributed by atoms with van der Waals surface area (Å²) >= 11 is 0. The minimum atomic E-state index is 0.434. The van der Waals surface area contributed by atoms with Crippen LogP contribution >= 0.6 is 0 Å². The zero-order valence-electron chi connectivity index (χ0n) is 8.03. The van der Waals surface area contributed by atoms with Crippen molar-refractivity contribution in [3.63, 3.8) is 0 Å². The molecular weight excluding hydrogens is 160 g/mol. The van der Waals surface area contributed by atoms with Crippen LogP contribution in [0.15, 0.2) is 24.3 Å². The van der Waals surface area contributed by atoms with E-state index in [1.807, 2.05) is 0 Å². The Morgan fingerprint density at radius 1 is 1.15 bits per heavy atom. The molecule has 1 fully saturated rings. The number of ether oxygens (including phenoxy) is 1. The Hall–Kier alpha value is -0.820. The molecule has 0 unspecified atom stereocenters. The highest BCUT2D eigenvalue weighted by Crippen LogP contribution is 2.57. The minimum Gasteiger partial charge on any atom is -0.364 e. The van der Waals surface area contributed by atoms with Crippen LogP contribution in [0.3, 0.4) is 0 Å². The fraction of sp³-hybridized carbons (Fsp3) is 0.500. The highest BCUT2D eigenvalue weighted by Gasteiger charge is 2.54. The first kappa shape index (κ1) is 7.57. The molecule has 0 radical (unpaired) electrons. The maximum absolute atomic E-state index is 5.65. The van der Waals surface area contributed by atoms with Gasteiger partial charge in [-0.3, -0.25) is 0 Å². The van der Waals surface area contributed by atoms with E-state index in [9.17, 15) is 0 Å². The molecule has 68 valence electrons. The van der Waals surface area contributed by atoms with Crippen molar-refractivity contribution in [3.05, 3.63) is 35.4 Å². The second-order valence-electron chi connectivity index (χ2n) is 4.42. The molecule has 1 heteroatoms. The van der Waals surface area contributed by atoms with Crippen molar-refractivity contribution in [3.8, 4) is 0 Å². The summed E-state index contributed by atoms with van der Waals surface area (Å²) in [5.74, 6) is 1.33. The van der Waals surface area contributed by atoms with Gasteiger partial charge in [0.15, 0.2) is 0 Å². The normalized spacial score (nSPS) is 34.5. The lowest BCUT2D eigenvalue weighted by Gasteiger charge is -2.17. The van der Waals surface area contributed by atoms with Gasteiger partial charge >= 0.3 is 0 Å². The Morgan fingerprint density at radius 3 is 2.54 bits per heavy atom. The molecule has 1 aliphatic heterocycles. The number of epoxide rings is 1. The Bertz CT molecular complexity index is 343. The van der Waals surface area contributed by atoms with Gasteiger partial charge in [-0.15, -0.1) is 0 Å². The Labute approximate surface area is 78.7 Å². The molecule has 0 saturated carbocycles. The van der Waals surface area contributed by atoms with Crippen molar-refractivity contribution in [2.45, 2.75) is 32.0 Å². The molecule has 0 amide bonds. The van der Waals surface area contributed by atoms with E-state index in [1.165, 1.54) is 11.1 Å². The second-order valence-corrected chi connectivity index (χ2v) is 4.42. The van der Waals surface area contributed by atoms with Gasteiger partial charge in [-0.1, -0.05) is 38.1 Å². The maximum Gasteiger partial charge on any atom is 0.110 e. The van der Waals surface area contributed by atoms with E-state index in [0.29, 0.717) is 24.0 Å². The Kier molecular flexibility index (Phi) is 1.37. The first-order valence-corrected chi connectivity index (χ1v) is 5.03. The lowest BCUT2D eigenvalue weighted by Crippen LogP contribution is -2.09. The van der Waals surface area contributed by atoms with Crippen LogP contribution in [0.2, 0.25) is 0 Å². The van der Waals surface area contributed by atoms with Gasteiger partial charge < -0.3 is 4.74 Å². The van der Waals surface area contributed by atoms with E-state index < -0.39 is 0 Å². The van der Waals surface area contributed by atoms with Gasteiger partial charge in [0, 0.05) is 5.92 Å². The second kappa shape index (κ2) is 2.36. The summed E-state index contributed by atoms with van der Waals surface area (Å²) in [6.07, 6.45) is 0.931. The summed E-state index contributed by atoms with van der Waals surface area (Å²) in [7, 11) is 0. The monoisotopic (exact) mass is 174 g/mol. The summed E-state index contributed by atoms with van der Waals surface area (Å²) < 4.78 is 5.65. The summed E-state index contributed by atoms with van der Waals surface area (Å²) in [6, 6.07) is 8.72. The van der Waals surface area contributed by atoms with Gasteiger partial charge in [0.2, 0.25) is 0 Å². The third kappa shape index (κ3) is 0.910. The SMILES string of the molecule is CC(C)[C@@H]1c2ccccc2[C@@H]2O[C@@H]21. The topological polar surface area (TPSA) is 12.5 Å². The number of rotatable bonds is 1. The van der Waals surface area contributed by atoms with Crippen LogP contribution in [0.4, 0.5) is 0 Å². The summed E-state index contributed by atoms with van der Waals surface area (Å²) in [5, 5.41) is 0. The van der Waals surface area contributed by atoms with Gasteiger partial charge in [0.1, 0.15) is 6.10 Å². The summed E-state index contributed by atoms with van der Waals surface area (Å²) in [6.45, 7) is 4.57. The molecule has 13 heavy (non-hydrogen) atoms. The molecule has 0 bridgehead atoms. The maximum atomic E-state index is 5.65. The number of hydrogen-bond acceptors (Lipinski definition) is 1. The third-order valence-corrected chi connectivity index (χ3v) is 3.26. The fourth-order valence-corrected chi connectivity index (χ4v) is 2.64. The predicted molar refractivity (Wildman–Crippen MR) is 51.6 cm³/mol. The molecule has 0 aromatic heterocycles. The van der Waals surface area contributed by atoms with E-state index in [4.69, 9.17) is 4.74 Å². The number of hydrogen-bond donors (Lipinski definition) is 0. The fourth-order valence-electron chi connectivity index (χ4n) is 2.64.